The number of hydrogen-bond acceptors (Lipinski definition) is 3. The molecule has 0 bridgehead atoms. The summed E-state index contributed by atoms with van der Waals surface area (Å²) < 4.78 is 27.3. The molecule has 0 unspecified atom stereocenters. The molecule has 5 nitrogen and oxygen atoms in total. The van der Waals surface area contributed by atoms with Crippen molar-refractivity contribution in [2.75, 3.05) is 26.7 Å². The van der Waals surface area contributed by atoms with Gasteiger partial charge in [0.1, 0.15) is 0 Å². The number of piperazine rings is 1. The quantitative estimate of drug-likeness (QED) is 0.741. The van der Waals surface area contributed by atoms with Crippen LogP contribution < -0.4 is 5.32 Å². The van der Waals surface area contributed by atoms with E-state index in [4.69, 9.17) is 0 Å². The molecule has 0 aliphatic carbocycles. The molecule has 6 heteroatoms. The second-order valence-corrected chi connectivity index (χ2v) is 6.22. The molecule has 0 aromatic rings. The van der Waals surface area contributed by atoms with Crippen molar-refractivity contribution in [2.24, 2.45) is 0 Å². The molecule has 1 heterocycles. The number of hydrogen-bond donors (Lipinski definition) is 1. The molecule has 0 saturated carbocycles. The summed E-state index contributed by atoms with van der Waals surface area (Å²) in [4.78, 5) is 0. The van der Waals surface area contributed by atoms with Crippen LogP contribution in [0, 0.1) is 0 Å². The van der Waals surface area contributed by atoms with Gasteiger partial charge in [0.2, 0.25) is 0 Å². The molecule has 1 fully saturated rings. The Bertz CT molecular complexity index is 302. The van der Waals surface area contributed by atoms with E-state index < -0.39 is 10.2 Å². The normalized spacial score (nSPS) is 25.1. The van der Waals surface area contributed by atoms with Crippen molar-refractivity contribution < 1.29 is 8.42 Å². The molecular formula is C9H21N3O2S. The van der Waals surface area contributed by atoms with E-state index in [-0.39, 0.29) is 12.1 Å². The molecule has 1 atom stereocenters. The van der Waals surface area contributed by atoms with E-state index in [0.717, 1.165) is 13.1 Å². The van der Waals surface area contributed by atoms with E-state index in [1.54, 1.807) is 11.4 Å². The maximum absolute atomic E-state index is 12.2. The zero-order valence-corrected chi connectivity index (χ0v) is 10.7. The number of nitrogens with zero attached hydrogens (tertiary/aromatic N) is 2. The first-order valence-corrected chi connectivity index (χ1v) is 6.72. The molecule has 0 spiro atoms. The van der Waals surface area contributed by atoms with Gasteiger partial charge in [0.25, 0.3) is 10.2 Å². The molecule has 0 radical (unpaired) electrons. The van der Waals surface area contributed by atoms with Crippen LogP contribution in [0.3, 0.4) is 0 Å². The summed E-state index contributed by atoms with van der Waals surface area (Å²) in [5.74, 6) is 0. The van der Waals surface area contributed by atoms with Gasteiger partial charge >= 0.3 is 0 Å². The summed E-state index contributed by atoms with van der Waals surface area (Å²) in [7, 11) is -1.65. The van der Waals surface area contributed by atoms with Crippen LogP contribution in [0.2, 0.25) is 0 Å². The minimum Gasteiger partial charge on any atom is -0.314 e. The molecule has 15 heavy (non-hydrogen) atoms. The molecule has 1 N–H and O–H groups in total. The Labute approximate surface area is 92.6 Å². The van der Waals surface area contributed by atoms with Crippen molar-refractivity contribution in [1.29, 1.82) is 0 Å². The van der Waals surface area contributed by atoms with E-state index in [1.807, 2.05) is 20.8 Å². The monoisotopic (exact) mass is 235 g/mol. The smallest absolute Gasteiger partial charge is 0.282 e. The van der Waals surface area contributed by atoms with E-state index in [2.05, 4.69) is 5.32 Å². The standard InChI is InChI=1S/C9H21N3O2S/c1-8(2)11(4)15(13,14)12-6-5-10-7-9(12)3/h8-10H,5-7H2,1-4H3/t9-/m0/s1. The van der Waals surface area contributed by atoms with Crippen LogP contribution in [-0.4, -0.2) is 55.8 Å². The Hall–Kier alpha value is -0.170. The Morgan fingerprint density at radius 3 is 2.53 bits per heavy atom. The first-order valence-electron chi connectivity index (χ1n) is 5.33. The van der Waals surface area contributed by atoms with Gasteiger partial charge < -0.3 is 5.32 Å². The second-order valence-electron chi connectivity index (χ2n) is 4.28. The topological polar surface area (TPSA) is 52.7 Å². The molecule has 0 aromatic carbocycles. The van der Waals surface area contributed by atoms with Gasteiger partial charge in [0, 0.05) is 38.8 Å². The maximum atomic E-state index is 12.2. The highest BCUT2D eigenvalue weighted by Gasteiger charge is 2.33. The lowest BCUT2D eigenvalue weighted by molar-refractivity contribution is 0.256. The minimum atomic E-state index is -3.28. The van der Waals surface area contributed by atoms with E-state index in [1.165, 1.54) is 4.31 Å². The van der Waals surface area contributed by atoms with Crippen LogP contribution in [0.5, 0.6) is 0 Å². The van der Waals surface area contributed by atoms with E-state index in [0.29, 0.717) is 6.54 Å². The average molecular weight is 235 g/mol. The third-order valence-electron chi connectivity index (χ3n) is 2.83. The third-order valence-corrected chi connectivity index (χ3v) is 5.11. The van der Waals surface area contributed by atoms with E-state index >= 15 is 0 Å². The Balaban J connectivity index is 2.84. The predicted molar refractivity (Wildman–Crippen MR) is 60.9 cm³/mol. The molecule has 0 aromatic heterocycles. The van der Waals surface area contributed by atoms with Crippen LogP contribution in [0.25, 0.3) is 0 Å². The molecule has 1 aliphatic heterocycles. The van der Waals surface area contributed by atoms with Crippen LogP contribution in [0.15, 0.2) is 0 Å². The van der Waals surface area contributed by atoms with Gasteiger partial charge in [0.15, 0.2) is 0 Å². The number of rotatable bonds is 3. The van der Waals surface area contributed by atoms with Crippen LogP contribution >= 0.6 is 0 Å². The predicted octanol–water partition coefficient (Wildman–Crippen LogP) is -0.135. The fourth-order valence-electron chi connectivity index (χ4n) is 1.60. The largest absolute Gasteiger partial charge is 0.314 e. The van der Waals surface area contributed by atoms with Gasteiger partial charge in [-0.05, 0) is 20.8 Å². The highest BCUT2D eigenvalue weighted by Crippen LogP contribution is 2.14. The SMILES string of the molecule is CC(C)N(C)S(=O)(=O)N1CCNC[C@@H]1C. The summed E-state index contributed by atoms with van der Waals surface area (Å²) in [5.41, 5.74) is 0. The van der Waals surface area contributed by atoms with Gasteiger partial charge in [-0.15, -0.1) is 0 Å². The maximum Gasteiger partial charge on any atom is 0.282 e. The zero-order valence-electron chi connectivity index (χ0n) is 9.90. The average Bonchev–Trinajstić information content (AvgIpc) is 2.16. The van der Waals surface area contributed by atoms with Gasteiger partial charge in [-0.2, -0.15) is 17.0 Å². The van der Waals surface area contributed by atoms with Crippen molar-refractivity contribution in [3.63, 3.8) is 0 Å². The number of nitrogens with one attached hydrogen (secondary N) is 1. The molecular weight excluding hydrogens is 214 g/mol. The Morgan fingerprint density at radius 1 is 1.47 bits per heavy atom. The minimum absolute atomic E-state index is 0.00270. The lowest BCUT2D eigenvalue weighted by Crippen LogP contribution is -2.56. The summed E-state index contributed by atoms with van der Waals surface area (Å²) in [6.07, 6.45) is 0. The van der Waals surface area contributed by atoms with Crippen molar-refractivity contribution in [3.8, 4) is 0 Å². The van der Waals surface area contributed by atoms with Crippen LogP contribution in [-0.2, 0) is 10.2 Å². The van der Waals surface area contributed by atoms with Gasteiger partial charge in [-0.25, -0.2) is 0 Å². The lowest BCUT2D eigenvalue weighted by Gasteiger charge is -2.36. The highest BCUT2D eigenvalue weighted by atomic mass is 32.2. The summed E-state index contributed by atoms with van der Waals surface area (Å²) >= 11 is 0. The van der Waals surface area contributed by atoms with Gasteiger partial charge in [-0.3, -0.25) is 0 Å². The fourth-order valence-corrected chi connectivity index (χ4v) is 3.31. The summed E-state index contributed by atoms with van der Waals surface area (Å²) in [6.45, 7) is 7.70. The second kappa shape index (κ2) is 4.78. The van der Waals surface area contributed by atoms with Crippen LogP contribution in [0.4, 0.5) is 0 Å². The molecule has 1 aliphatic rings. The summed E-state index contributed by atoms with van der Waals surface area (Å²) in [5, 5.41) is 3.18. The molecule has 0 amide bonds. The van der Waals surface area contributed by atoms with Crippen molar-refractivity contribution in [2.45, 2.75) is 32.9 Å². The van der Waals surface area contributed by atoms with Crippen molar-refractivity contribution >= 4 is 10.2 Å². The Morgan fingerprint density at radius 2 is 2.07 bits per heavy atom. The first-order chi connectivity index (χ1) is 6.87. The molecule has 90 valence electrons. The van der Waals surface area contributed by atoms with Gasteiger partial charge in [0.05, 0.1) is 0 Å². The van der Waals surface area contributed by atoms with Crippen LogP contribution in [0.1, 0.15) is 20.8 Å². The fraction of sp³-hybridized carbons (Fsp3) is 1.00. The highest BCUT2D eigenvalue weighted by molar-refractivity contribution is 7.86. The van der Waals surface area contributed by atoms with Gasteiger partial charge in [-0.1, -0.05) is 0 Å². The van der Waals surface area contributed by atoms with Crippen molar-refractivity contribution in [3.05, 3.63) is 0 Å². The molecule has 1 saturated heterocycles. The molecule has 1 rings (SSSR count). The zero-order chi connectivity index (χ0) is 11.6. The van der Waals surface area contributed by atoms with E-state index in [9.17, 15) is 8.42 Å². The first kappa shape index (κ1) is 12.9. The Kier molecular flexibility index (Phi) is 4.11. The summed E-state index contributed by atoms with van der Waals surface area (Å²) in [6, 6.07) is 0.0297. The van der Waals surface area contributed by atoms with Crippen molar-refractivity contribution in [1.82, 2.24) is 13.9 Å². The third kappa shape index (κ3) is 2.69. The lowest BCUT2D eigenvalue weighted by atomic mass is 10.3.